The smallest absolute Gasteiger partial charge is 0.0224 e. The van der Waals surface area contributed by atoms with Gasteiger partial charge in [0.25, 0.3) is 0 Å². The van der Waals surface area contributed by atoms with E-state index in [0.717, 1.165) is 18.0 Å². The molecular formula is C14H27N3. The molecular weight excluding hydrogens is 210 g/mol. The lowest BCUT2D eigenvalue weighted by atomic mass is 10.0. The second kappa shape index (κ2) is 4.87. The lowest BCUT2D eigenvalue weighted by molar-refractivity contribution is 0.0471. The van der Waals surface area contributed by atoms with E-state index in [1.165, 1.54) is 58.3 Å². The van der Waals surface area contributed by atoms with Crippen LogP contribution in [0.2, 0.25) is 0 Å². The van der Waals surface area contributed by atoms with E-state index in [1.807, 2.05) is 0 Å². The van der Waals surface area contributed by atoms with E-state index in [2.05, 4.69) is 16.7 Å². The zero-order valence-electron chi connectivity index (χ0n) is 11.1. The minimum atomic E-state index is 0.476. The number of hydrogen-bond acceptors (Lipinski definition) is 3. The van der Waals surface area contributed by atoms with E-state index in [-0.39, 0.29) is 0 Å². The van der Waals surface area contributed by atoms with E-state index < -0.39 is 0 Å². The predicted molar refractivity (Wildman–Crippen MR) is 70.9 cm³/mol. The molecule has 98 valence electrons. The van der Waals surface area contributed by atoms with Gasteiger partial charge in [-0.25, -0.2) is 0 Å². The Hall–Kier alpha value is -0.120. The van der Waals surface area contributed by atoms with Crippen LogP contribution in [0.5, 0.6) is 0 Å². The number of nitrogens with zero attached hydrogens (tertiary/aromatic N) is 2. The molecule has 2 N–H and O–H groups in total. The van der Waals surface area contributed by atoms with Gasteiger partial charge in [0.05, 0.1) is 0 Å². The van der Waals surface area contributed by atoms with Gasteiger partial charge in [-0.15, -0.1) is 0 Å². The first-order chi connectivity index (χ1) is 8.24. The van der Waals surface area contributed by atoms with Crippen LogP contribution in [0.25, 0.3) is 0 Å². The van der Waals surface area contributed by atoms with Crippen LogP contribution in [-0.4, -0.2) is 54.1 Å². The highest BCUT2D eigenvalue weighted by molar-refractivity contribution is 4.93. The SMILES string of the molecule is CC1CN2CCCC2CN1CC1CCCC1N. The molecule has 0 aromatic heterocycles. The molecule has 0 amide bonds. The summed E-state index contributed by atoms with van der Waals surface area (Å²) in [7, 11) is 0. The van der Waals surface area contributed by atoms with Crippen molar-refractivity contribution in [2.24, 2.45) is 11.7 Å². The molecule has 0 bridgehead atoms. The van der Waals surface area contributed by atoms with Crippen molar-refractivity contribution in [3.63, 3.8) is 0 Å². The molecule has 0 aromatic rings. The van der Waals surface area contributed by atoms with Crippen molar-refractivity contribution in [3.8, 4) is 0 Å². The average Bonchev–Trinajstić information content (AvgIpc) is 2.89. The first-order valence-electron chi connectivity index (χ1n) is 7.47. The molecule has 2 aliphatic heterocycles. The van der Waals surface area contributed by atoms with Crippen LogP contribution in [0.3, 0.4) is 0 Å². The standard InChI is InChI=1S/C14H27N3/c1-11-8-16-7-3-5-13(16)10-17(11)9-12-4-2-6-14(12)15/h11-14H,2-10,15H2,1H3. The van der Waals surface area contributed by atoms with Gasteiger partial charge in [-0.2, -0.15) is 0 Å². The number of nitrogens with two attached hydrogens (primary N) is 1. The maximum absolute atomic E-state index is 6.21. The summed E-state index contributed by atoms with van der Waals surface area (Å²) in [6, 6.07) is 2.06. The lowest BCUT2D eigenvalue weighted by Crippen LogP contribution is -2.56. The van der Waals surface area contributed by atoms with E-state index in [4.69, 9.17) is 5.73 Å². The average molecular weight is 237 g/mol. The Morgan fingerprint density at radius 2 is 2.00 bits per heavy atom. The van der Waals surface area contributed by atoms with Gasteiger partial charge in [-0.1, -0.05) is 6.42 Å². The topological polar surface area (TPSA) is 32.5 Å². The van der Waals surface area contributed by atoms with Crippen LogP contribution in [0.4, 0.5) is 0 Å². The molecule has 3 fully saturated rings. The molecule has 2 saturated heterocycles. The molecule has 1 saturated carbocycles. The fraction of sp³-hybridized carbons (Fsp3) is 1.00. The Balaban J connectivity index is 1.59. The summed E-state index contributed by atoms with van der Waals surface area (Å²) in [4.78, 5) is 5.43. The lowest BCUT2D eigenvalue weighted by Gasteiger charge is -2.43. The summed E-state index contributed by atoms with van der Waals surface area (Å²) in [5, 5.41) is 0. The van der Waals surface area contributed by atoms with Crippen molar-refractivity contribution in [1.29, 1.82) is 0 Å². The van der Waals surface area contributed by atoms with Gasteiger partial charge in [-0.05, 0) is 45.1 Å². The van der Waals surface area contributed by atoms with Crippen LogP contribution in [0.15, 0.2) is 0 Å². The van der Waals surface area contributed by atoms with Crippen molar-refractivity contribution < 1.29 is 0 Å². The Kier molecular flexibility index (Phi) is 3.42. The molecule has 4 unspecified atom stereocenters. The van der Waals surface area contributed by atoms with Crippen LogP contribution >= 0.6 is 0 Å². The molecule has 1 aliphatic carbocycles. The molecule has 3 aliphatic rings. The summed E-state index contributed by atoms with van der Waals surface area (Å²) < 4.78 is 0. The van der Waals surface area contributed by atoms with E-state index in [0.29, 0.717) is 6.04 Å². The van der Waals surface area contributed by atoms with Gasteiger partial charge in [0.1, 0.15) is 0 Å². The second-order valence-electron chi connectivity index (χ2n) is 6.45. The van der Waals surface area contributed by atoms with E-state index in [9.17, 15) is 0 Å². The van der Waals surface area contributed by atoms with Gasteiger partial charge in [0.15, 0.2) is 0 Å². The zero-order valence-corrected chi connectivity index (χ0v) is 11.1. The van der Waals surface area contributed by atoms with E-state index >= 15 is 0 Å². The maximum atomic E-state index is 6.21. The van der Waals surface area contributed by atoms with Crippen molar-refractivity contribution in [3.05, 3.63) is 0 Å². The number of rotatable bonds is 2. The third kappa shape index (κ3) is 2.38. The number of hydrogen-bond donors (Lipinski definition) is 1. The zero-order chi connectivity index (χ0) is 11.8. The van der Waals surface area contributed by atoms with Crippen LogP contribution in [-0.2, 0) is 0 Å². The fourth-order valence-electron chi connectivity index (χ4n) is 4.10. The van der Waals surface area contributed by atoms with Crippen LogP contribution in [0.1, 0.15) is 39.0 Å². The fourth-order valence-corrected chi connectivity index (χ4v) is 4.10. The normalized spacial score (nSPS) is 44.1. The highest BCUT2D eigenvalue weighted by Gasteiger charge is 2.36. The summed E-state index contributed by atoms with van der Waals surface area (Å²) in [6.45, 7) is 7.57. The van der Waals surface area contributed by atoms with Crippen LogP contribution < -0.4 is 5.73 Å². The van der Waals surface area contributed by atoms with Gasteiger partial charge >= 0.3 is 0 Å². The van der Waals surface area contributed by atoms with Gasteiger partial charge in [0.2, 0.25) is 0 Å². The maximum Gasteiger partial charge on any atom is 0.0224 e. The molecule has 2 heterocycles. The monoisotopic (exact) mass is 237 g/mol. The minimum Gasteiger partial charge on any atom is -0.327 e. The quantitative estimate of drug-likeness (QED) is 0.785. The summed E-state index contributed by atoms with van der Waals surface area (Å²) in [5.41, 5.74) is 6.21. The minimum absolute atomic E-state index is 0.476. The highest BCUT2D eigenvalue weighted by Crippen LogP contribution is 2.29. The van der Waals surface area contributed by atoms with Crippen molar-refractivity contribution in [1.82, 2.24) is 9.80 Å². The van der Waals surface area contributed by atoms with E-state index in [1.54, 1.807) is 0 Å². The van der Waals surface area contributed by atoms with Gasteiger partial charge in [-0.3, -0.25) is 9.80 Å². The van der Waals surface area contributed by atoms with Crippen LogP contribution in [0, 0.1) is 5.92 Å². The third-order valence-corrected chi connectivity index (χ3v) is 5.25. The summed E-state index contributed by atoms with van der Waals surface area (Å²) >= 11 is 0. The first kappa shape index (κ1) is 11.9. The molecule has 3 rings (SSSR count). The third-order valence-electron chi connectivity index (χ3n) is 5.25. The van der Waals surface area contributed by atoms with Gasteiger partial charge < -0.3 is 5.73 Å². The Labute approximate surface area is 105 Å². The Bertz CT molecular complexity index is 268. The second-order valence-corrected chi connectivity index (χ2v) is 6.45. The first-order valence-corrected chi connectivity index (χ1v) is 7.47. The molecule has 4 atom stereocenters. The van der Waals surface area contributed by atoms with Crippen molar-refractivity contribution in [2.45, 2.75) is 57.2 Å². The van der Waals surface area contributed by atoms with Crippen molar-refractivity contribution in [2.75, 3.05) is 26.2 Å². The van der Waals surface area contributed by atoms with Gasteiger partial charge in [0, 0.05) is 37.8 Å². The Morgan fingerprint density at radius 3 is 2.76 bits per heavy atom. The summed E-state index contributed by atoms with van der Waals surface area (Å²) in [5.74, 6) is 0.769. The summed E-state index contributed by atoms with van der Waals surface area (Å²) in [6.07, 6.45) is 6.79. The molecule has 0 spiro atoms. The largest absolute Gasteiger partial charge is 0.327 e. The predicted octanol–water partition coefficient (Wildman–Crippen LogP) is 1.28. The number of fused-ring (bicyclic) bond motifs is 1. The Morgan fingerprint density at radius 1 is 1.12 bits per heavy atom. The van der Waals surface area contributed by atoms with Crippen molar-refractivity contribution >= 4 is 0 Å². The molecule has 0 aromatic carbocycles. The molecule has 0 radical (unpaired) electrons. The highest BCUT2D eigenvalue weighted by atomic mass is 15.3. The molecule has 17 heavy (non-hydrogen) atoms. The number of piperazine rings is 1. The molecule has 3 nitrogen and oxygen atoms in total. The molecule has 3 heteroatoms.